The van der Waals surface area contributed by atoms with Gasteiger partial charge in [0.25, 0.3) is 0 Å². The third kappa shape index (κ3) is 10.1. The van der Waals surface area contributed by atoms with Crippen molar-refractivity contribution in [3.63, 3.8) is 0 Å². The van der Waals surface area contributed by atoms with Crippen LogP contribution in [0.25, 0.3) is 0 Å². The zero-order valence-electron chi connectivity index (χ0n) is 20.9. The standard InChI is InChI=1S/C28H30N2O7S/c1-38(34,35)20-25(27(32)36-18-22-13-7-3-8-14-22)29-26(31)24(17-21-11-5-2-6-12-21)30-28(33)37-19-23-15-9-4-10-16-23/h2-16,24-25H,17-20H2,1H3,(H,29,31)(H,30,33)/t24-,25-/m0/s1. The van der Waals surface area contributed by atoms with Crippen molar-refractivity contribution in [2.75, 3.05) is 12.0 Å². The minimum absolute atomic E-state index is 0.00509. The van der Waals surface area contributed by atoms with Gasteiger partial charge in [0.15, 0.2) is 0 Å². The van der Waals surface area contributed by atoms with Gasteiger partial charge >= 0.3 is 12.1 Å². The first-order valence-corrected chi connectivity index (χ1v) is 14.0. The van der Waals surface area contributed by atoms with Crippen LogP contribution in [0.3, 0.4) is 0 Å². The number of esters is 1. The SMILES string of the molecule is CS(=O)(=O)C[C@H](NC(=O)[C@H](Cc1ccccc1)NC(=O)OCc1ccccc1)C(=O)OCc1ccccc1. The quantitative estimate of drug-likeness (QED) is 0.340. The molecule has 0 heterocycles. The zero-order valence-corrected chi connectivity index (χ0v) is 21.7. The van der Waals surface area contributed by atoms with Crippen LogP contribution >= 0.6 is 0 Å². The highest BCUT2D eigenvalue weighted by atomic mass is 32.2. The summed E-state index contributed by atoms with van der Waals surface area (Å²) in [4.78, 5) is 38.6. The van der Waals surface area contributed by atoms with Gasteiger partial charge in [-0.3, -0.25) is 4.79 Å². The van der Waals surface area contributed by atoms with Crippen molar-refractivity contribution in [2.24, 2.45) is 0 Å². The van der Waals surface area contributed by atoms with Crippen LogP contribution in [0.15, 0.2) is 91.0 Å². The lowest BCUT2D eigenvalue weighted by atomic mass is 10.1. The number of rotatable bonds is 12. The number of benzene rings is 3. The number of hydrogen-bond donors (Lipinski definition) is 2. The molecule has 2 N–H and O–H groups in total. The first kappa shape index (κ1) is 28.4. The van der Waals surface area contributed by atoms with Crippen molar-refractivity contribution in [3.8, 4) is 0 Å². The summed E-state index contributed by atoms with van der Waals surface area (Å²) in [6.07, 6.45) is 0.200. The van der Waals surface area contributed by atoms with Crippen LogP contribution in [-0.4, -0.2) is 50.5 Å². The first-order valence-electron chi connectivity index (χ1n) is 11.9. The number of nitrogens with one attached hydrogen (secondary N) is 2. The summed E-state index contributed by atoms with van der Waals surface area (Å²) in [7, 11) is -3.67. The van der Waals surface area contributed by atoms with E-state index in [2.05, 4.69) is 10.6 Å². The highest BCUT2D eigenvalue weighted by molar-refractivity contribution is 7.90. The number of amides is 2. The van der Waals surface area contributed by atoms with Gasteiger partial charge in [0, 0.05) is 12.7 Å². The predicted molar refractivity (Wildman–Crippen MR) is 142 cm³/mol. The summed E-state index contributed by atoms with van der Waals surface area (Å²) in [6.45, 7) is -0.0951. The summed E-state index contributed by atoms with van der Waals surface area (Å²) < 4.78 is 34.5. The molecular formula is C28H30N2O7S. The number of alkyl carbamates (subject to hydrolysis) is 1. The minimum Gasteiger partial charge on any atom is -0.459 e. The molecule has 2 atom stereocenters. The van der Waals surface area contributed by atoms with Gasteiger partial charge in [-0.2, -0.15) is 0 Å². The van der Waals surface area contributed by atoms with Crippen molar-refractivity contribution in [1.29, 1.82) is 0 Å². The Bertz CT molecular complexity index is 1300. The smallest absolute Gasteiger partial charge is 0.408 e. The summed E-state index contributed by atoms with van der Waals surface area (Å²) in [6, 6.07) is 24.2. The van der Waals surface area contributed by atoms with Crippen molar-refractivity contribution >= 4 is 27.8 Å². The molecular weight excluding hydrogens is 508 g/mol. The fraction of sp³-hybridized carbons (Fsp3) is 0.250. The van der Waals surface area contributed by atoms with E-state index < -0.39 is 45.6 Å². The van der Waals surface area contributed by atoms with E-state index in [-0.39, 0.29) is 19.6 Å². The molecule has 0 saturated carbocycles. The van der Waals surface area contributed by atoms with Gasteiger partial charge in [0.1, 0.15) is 35.1 Å². The van der Waals surface area contributed by atoms with Crippen molar-refractivity contribution in [3.05, 3.63) is 108 Å². The van der Waals surface area contributed by atoms with Gasteiger partial charge in [-0.15, -0.1) is 0 Å². The fourth-order valence-electron chi connectivity index (χ4n) is 3.54. The minimum atomic E-state index is -3.67. The molecule has 0 bridgehead atoms. The van der Waals surface area contributed by atoms with Gasteiger partial charge in [-0.25, -0.2) is 18.0 Å². The Morgan fingerprint density at radius 2 is 1.16 bits per heavy atom. The molecule has 0 aliphatic rings. The Kier molecular flexibility index (Phi) is 10.4. The summed E-state index contributed by atoms with van der Waals surface area (Å²) in [5.74, 6) is -2.32. The topological polar surface area (TPSA) is 128 Å². The van der Waals surface area contributed by atoms with E-state index in [9.17, 15) is 22.8 Å². The van der Waals surface area contributed by atoms with E-state index in [0.717, 1.165) is 17.4 Å². The largest absolute Gasteiger partial charge is 0.459 e. The Hall–Kier alpha value is -4.18. The highest BCUT2D eigenvalue weighted by Gasteiger charge is 2.30. The second-order valence-corrected chi connectivity index (χ2v) is 10.9. The second-order valence-electron chi connectivity index (χ2n) is 8.70. The van der Waals surface area contributed by atoms with E-state index >= 15 is 0 Å². The maximum absolute atomic E-state index is 13.2. The van der Waals surface area contributed by atoms with E-state index in [1.165, 1.54) is 0 Å². The number of ether oxygens (including phenoxy) is 2. The zero-order chi connectivity index (χ0) is 27.4. The molecule has 38 heavy (non-hydrogen) atoms. The maximum atomic E-state index is 13.2. The van der Waals surface area contributed by atoms with Crippen LogP contribution in [0.1, 0.15) is 16.7 Å². The molecule has 0 radical (unpaired) electrons. The highest BCUT2D eigenvalue weighted by Crippen LogP contribution is 2.08. The normalized spacial score (nSPS) is 12.6. The Labute approximate surface area is 222 Å². The number of carbonyl (C=O) groups is 3. The van der Waals surface area contributed by atoms with Crippen molar-refractivity contribution in [1.82, 2.24) is 10.6 Å². The molecule has 3 aromatic rings. The first-order chi connectivity index (χ1) is 18.2. The van der Waals surface area contributed by atoms with Crippen LogP contribution in [0.5, 0.6) is 0 Å². The van der Waals surface area contributed by atoms with Gasteiger partial charge in [0.05, 0.1) is 5.75 Å². The van der Waals surface area contributed by atoms with E-state index in [4.69, 9.17) is 9.47 Å². The fourth-order valence-corrected chi connectivity index (χ4v) is 4.36. The molecule has 0 unspecified atom stereocenters. The lowest BCUT2D eigenvalue weighted by molar-refractivity contribution is -0.148. The van der Waals surface area contributed by atoms with Crippen LogP contribution in [-0.2, 0) is 48.5 Å². The molecule has 0 aliphatic heterocycles. The molecule has 3 aromatic carbocycles. The average molecular weight is 539 g/mol. The van der Waals surface area contributed by atoms with Crippen molar-refractivity contribution in [2.45, 2.75) is 31.7 Å². The molecule has 0 aliphatic carbocycles. The third-order valence-electron chi connectivity index (χ3n) is 5.40. The van der Waals surface area contributed by atoms with Gasteiger partial charge in [0.2, 0.25) is 5.91 Å². The molecule has 200 valence electrons. The van der Waals surface area contributed by atoms with Crippen LogP contribution in [0.2, 0.25) is 0 Å². The monoisotopic (exact) mass is 538 g/mol. The van der Waals surface area contributed by atoms with Crippen LogP contribution in [0.4, 0.5) is 4.79 Å². The van der Waals surface area contributed by atoms with E-state index in [0.29, 0.717) is 5.56 Å². The summed E-state index contributed by atoms with van der Waals surface area (Å²) in [5.41, 5.74) is 2.21. The Morgan fingerprint density at radius 3 is 1.66 bits per heavy atom. The number of sulfone groups is 1. The Morgan fingerprint density at radius 1 is 0.684 bits per heavy atom. The molecule has 0 fully saturated rings. The summed E-state index contributed by atoms with van der Waals surface area (Å²) >= 11 is 0. The van der Waals surface area contributed by atoms with Crippen LogP contribution in [0, 0.1) is 0 Å². The molecule has 9 nitrogen and oxygen atoms in total. The molecule has 0 spiro atoms. The molecule has 3 rings (SSSR count). The maximum Gasteiger partial charge on any atom is 0.408 e. The van der Waals surface area contributed by atoms with Crippen molar-refractivity contribution < 1.29 is 32.3 Å². The number of hydrogen-bond acceptors (Lipinski definition) is 7. The number of carbonyl (C=O) groups excluding carboxylic acids is 3. The predicted octanol–water partition coefficient (Wildman–Crippen LogP) is 2.80. The average Bonchev–Trinajstić information content (AvgIpc) is 2.91. The summed E-state index contributed by atoms with van der Waals surface area (Å²) in [5, 5.41) is 4.97. The van der Waals surface area contributed by atoms with Gasteiger partial charge < -0.3 is 20.1 Å². The molecule has 0 saturated heterocycles. The second kappa shape index (κ2) is 13.9. The van der Waals surface area contributed by atoms with Crippen LogP contribution < -0.4 is 10.6 Å². The lowest BCUT2D eigenvalue weighted by Gasteiger charge is -2.22. The van der Waals surface area contributed by atoms with E-state index in [1.54, 1.807) is 72.8 Å². The van der Waals surface area contributed by atoms with Gasteiger partial charge in [-0.1, -0.05) is 91.0 Å². The molecule has 2 amide bonds. The van der Waals surface area contributed by atoms with E-state index in [1.807, 2.05) is 18.2 Å². The Balaban J connectivity index is 1.71. The molecule has 10 heteroatoms. The lowest BCUT2D eigenvalue weighted by Crippen LogP contribution is -2.54. The molecule has 0 aromatic heterocycles. The third-order valence-corrected chi connectivity index (χ3v) is 6.34. The van der Waals surface area contributed by atoms with Gasteiger partial charge in [-0.05, 0) is 16.7 Å².